The van der Waals surface area contributed by atoms with Crippen LogP contribution < -0.4 is 5.32 Å². The molecule has 0 spiro atoms. The minimum absolute atomic E-state index is 0.637. The molecule has 0 aliphatic carbocycles. The van der Waals surface area contributed by atoms with Crippen LogP contribution in [0.25, 0.3) is 0 Å². The summed E-state index contributed by atoms with van der Waals surface area (Å²) in [7, 11) is 0. The number of nitrogens with one attached hydrogen (secondary N) is 1. The molecule has 1 aliphatic heterocycles. The number of benzene rings is 1. The fourth-order valence-electron chi connectivity index (χ4n) is 2.83. The van der Waals surface area contributed by atoms with Gasteiger partial charge in [0.2, 0.25) is 0 Å². The van der Waals surface area contributed by atoms with Crippen LogP contribution in [-0.4, -0.2) is 30.6 Å². The van der Waals surface area contributed by atoms with Crippen LogP contribution in [-0.2, 0) is 13.0 Å². The fourth-order valence-corrected chi connectivity index (χ4v) is 2.83. The van der Waals surface area contributed by atoms with Crippen LogP contribution in [0.15, 0.2) is 24.3 Å². The van der Waals surface area contributed by atoms with Crippen molar-refractivity contribution in [3.8, 4) is 0 Å². The molecule has 1 N–H and O–H groups in total. The standard InChI is InChI=1S/C17H28N2/c1-3-11-18-15(2)10-13-19-12-6-9-16-7-4-5-8-17(16)14-19/h4-5,7-8,15,18H,3,6,9-14H2,1-2H3. The Morgan fingerprint density at radius 1 is 1.26 bits per heavy atom. The first kappa shape index (κ1) is 14.5. The Morgan fingerprint density at radius 3 is 2.84 bits per heavy atom. The highest BCUT2D eigenvalue weighted by Gasteiger charge is 2.14. The zero-order valence-corrected chi connectivity index (χ0v) is 12.5. The topological polar surface area (TPSA) is 15.3 Å². The Bertz CT molecular complexity index is 375. The molecule has 1 atom stereocenters. The third-order valence-electron chi connectivity index (χ3n) is 4.05. The molecule has 1 unspecified atom stereocenters. The maximum absolute atomic E-state index is 3.58. The van der Waals surface area contributed by atoms with E-state index in [0.717, 1.165) is 13.1 Å². The molecule has 0 amide bonds. The fraction of sp³-hybridized carbons (Fsp3) is 0.647. The smallest absolute Gasteiger partial charge is 0.0236 e. The summed E-state index contributed by atoms with van der Waals surface area (Å²) in [6.45, 7) is 9.27. The Labute approximate surface area is 118 Å². The molecule has 0 fully saturated rings. The molecule has 1 heterocycles. The minimum atomic E-state index is 0.637. The third-order valence-corrected chi connectivity index (χ3v) is 4.05. The Hall–Kier alpha value is -0.860. The van der Waals surface area contributed by atoms with Gasteiger partial charge in [-0.25, -0.2) is 0 Å². The lowest BCUT2D eigenvalue weighted by atomic mass is 10.0. The summed E-state index contributed by atoms with van der Waals surface area (Å²) >= 11 is 0. The van der Waals surface area contributed by atoms with Crippen LogP contribution in [0.3, 0.4) is 0 Å². The van der Waals surface area contributed by atoms with Gasteiger partial charge in [0, 0.05) is 12.6 Å². The van der Waals surface area contributed by atoms with Gasteiger partial charge in [-0.2, -0.15) is 0 Å². The van der Waals surface area contributed by atoms with Crippen molar-refractivity contribution in [1.82, 2.24) is 10.2 Å². The van der Waals surface area contributed by atoms with Gasteiger partial charge < -0.3 is 5.32 Å². The van der Waals surface area contributed by atoms with E-state index in [-0.39, 0.29) is 0 Å². The van der Waals surface area contributed by atoms with Crippen molar-refractivity contribution >= 4 is 0 Å². The van der Waals surface area contributed by atoms with Gasteiger partial charge in [0.15, 0.2) is 0 Å². The molecule has 1 aromatic carbocycles. The Morgan fingerprint density at radius 2 is 2.05 bits per heavy atom. The summed E-state index contributed by atoms with van der Waals surface area (Å²) in [5.41, 5.74) is 3.09. The lowest BCUT2D eigenvalue weighted by Crippen LogP contribution is -2.32. The molecular weight excluding hydrogens is 232 g/mol. The van der Waals surface area contributed by atoms with E-state index in [9.17, 15) is 0 Å². The summed E-state index contributed by atoms with van der Waals surface area (Å²) in [5, 5.41) is 3.58. The maximum Gasteiger partial charge on any atom is 0.0236 e. The molecular formula is C17H28N2. The van der Waals surface area contributed by atoms with Crippen molar-refractivity contribution in [1.29, 1.82) is 0 Å². The van der Waals surface area contributed by atoms with Crippen LogP contribution in [0, 0.1) is 0 Å². The van der Waals surface area contributed by atoms with E-state index >= 15 is 0 Å². The maximum atomic E-state index is 3.58. The van der Waals surface area contributed by atoms with Crippen LogP contribution in [0.2, 0.25) is 0 Å². The highest BCUT2D eigenvalue weighted by Crippen LogP contribution is 2.18. The number of hydrogen-bond acceptors (Lipinski definition) is 2. The average molecular weight is 260 g/mol. The van der Waals surface area contributed by atoms with E-state index in [1.165, 1.54) is 44.3 Å². The normalized spacial score (nSPS) is 17.8. The largest absolute Gasteiger partial charge is 0.314 e. The van der Waals surface area contributed by atoms with Crippen molar-refractivity contribution in [2.45, 2.75) is 52.1 Å². The second-order valence-electron chi connectivity index (χ2n) is 5.79. The number of fused-ring (bicyclic) bond motifs is 1. The first-order valence-corrected chi connectivity index (χ1v) is 7.82. The number of nitrogens with zero attached hydrogens (tertiary/aromatic N) is 1. The van der Waals surface area contributed by atoms with E-state index in [1.54, 1.807) is 5.56 Å². The van der Waals surface area contributed by atoms with Crippen LogP contribution >= 0.6 is 0 Å². The van der Waals surface area contributed by atoms with E-state index in [2.05, 4.69) is 48.3 Å². The summed E-state index contributed by atoms with van der Waals surface area (Å²) < 4.78 is 0. The highest BCUT2D eigenvalue weighted by molar-refractivity contribution is 5.27. The molecule has 0 radical (unpaired) electrons. The predicted octanol–water partition coefficient (Wildman–Crippen LogP) is 3.21. The van der Waals surface area contributed by atoms with E-state index in [1.807, 2.05) is 0 Å². The van der Waals surface area contributed by atoms with Gasteiger partial charge in [0.05, 0.1) is 0 Å². The second-order valence-corrected chi connectivity index (χ2v) is 5.79. The summed E-state index contributed by atoms with van der Waals surface area (Å²) in [4.78, 5) is 2.62. The first-order chi connectivity index (χ1) is 9.29. The summed E-state index contributed by atoms with van der Waals surface area (Å²) in [6.07, 6.45) is 5.02. The van der Waals surface area contributed by atoms with Crippen molar-refractivity contribution in [3.63, 3.8) is 0 Å². The van der Waals surface area contributed by atoms with Crippen molar-refractivity contribution in [3.05, 3.63) is 35.4 Å². The van der Waals surface area contributed by atoms with E-state index in [0.29, 0.717) is 6.04 Å². The van der Waals surface area contributed by atoms with Crippen LogP contribution in [0.4, 0.5) is 0 Å². The van der Waals surface area contributed by atoms with Crippen molar-refractivity contribution < 1.29 is 0 Å². The highest BCUT2D eigenvalue weighted by atomic mass is 15.1. The van der Waals surface area contributed by atoms with Gasteiger partial charge in [-0.15, -0.1) is 0 Å². The molecule has 2 nitrogen and oxygen atoms in total. The van der Waals surface area contributed by atoms with Gasteiger partial charge in [0.25, 0.3) is 0 Å². The molecule has 1 aromatic rings. The molecule has 2 rings (SSSR count). The van der Waals surface area contributed by atoms with Gasteiger partial charge in [-0.05, 0) is 63.4 Å². The molecule has 0 bridgehead atoms. The van der Waals surface area contributed by atoms with Crippen molar-refractivity contribution in [2.24, 2.45) is 0 Å². The minimum Gasteiger partial charge on any atom is -0.314 e. The van der Waals surface area contributed by atoms with Gasteiger partial charge in [0.1, 0.15) is 0 Å². The lowest BCUT2D eigenvalue weighted by molar-refractivity contribution is 0.254. The van der Waals surface area contributed by atoms with Gasteiger partial charge >= 0.3 is 0 Å². The SMILES string of the molecule is CCCNC(C)CCN1CCCc2ccccc2C1. The molecule has 1 aliphatic rings. The molecule has 0 saturated heterocycles. The predicted molar refractivity (Wildman–Crippen MR) is 82.4 cm³/mol. The Balaban J connectivity index is 1.82. The van der Waals surface area contributed by atoms with Crippen LogP contribution in [0.5, 0.6) is 0 Å². The second kappa shape index (κ2) is 7.66. The zero-order valence-electron chi connectivity index (χ0n) is 12.5. The summed E-state index contributed by atoms with van der Waals surface area (Å²) in [5.74, 6) is 0. The molecule has 19 heavy (non-hydrogen) atoms. The molecule has 0 aromatic heterocycles. The number of hydrogen-bond donors (Lipinski definition) is 1. The number of aryl methyl sites for hydroxylation is 1. The molecule has 2 heteroatoms. The van der Waals surface area contributed by atoms with Gasteiger partial charge in [-0.3, -0.25) is 4.90 Å². The Kier molecular flexibility index (Phi) is 5.87. The monoisotopic (exact) mass is 260 g/mol. The van der Waals surface area contributed by atoms with Gasteiger partial charge in [-0.1, -0.05) is 31.2 Å². The van der Waals surface area contributed by atoms with Crippen molar-refractivity contribution in [2.75, 3.05) is 19.6 Å². The van der Waals surface area contributed by atoms with E-state index in [4.69, 9.17) is 0 Å². The third kappa shape index (κ3) is 4.63. The quantitative estimate of drug-likeness (QED) is 0.845. The molecule has 0 saturated carbocycles. The first-order valence-electron chi connectivity index (χ1n) is 7.82. The van der Waals surface area contributed by atoms with E-state index < -0.39 is 0 Å². The lowest BCUT2D eigenvalue weighted by Gasteiger charge is -2.23. The molecule has 106 valence electrons. The zero-order chi connectivity index (χ0) is 13.5. The summed E-state index contributed by atoms with van der Waals surface area (Å²) in [6, 6.07) is 9.58. The van der Waals surface area contributed by atoms with Crippen LogP contribution in [0.1, 0.15) is 44.2 Å². The average Bonchev–Trinajstić information content (AvgIpc) is 2.64. The number of rotatable bonds is 6.